The molecule has 2 aromatic rings. The summed E-state index contributed by atoms with van der Waals surface area (Å²) in [6, 6.07) is 10.4. The van der Waals surface area contributed by atoms with E-state index in [9.17, 15) is 9.50 Å². The molecule has 1 fully saturated rings. The smallest absolute Gasteiger partial charge is 0.132 e. The van der Waals surface area contributed by atoms with Gasteiger partial charge in [0.15, 0.2) is 0 Å². The van der Waals surface area contributed by atoms with Crippen LogP contribution < -0.4 is 0 Å². The topological polar surface area (TPSA) is 45.8 Å². The number of halogens is 1. The molecule has 1 N–H and O–H groups in total. The Balaban J connectivity index is 1.67. The zero-order valence-electron chi connectivity index (χ0n) is 12.3. The molecule has 0 aliphatic carbocycles. The number of benzene rings is 1. The minimum Gasteiger partial charge on any atom is -0.467 e. The van der Waals surface area contributed by atoms with E-state index >= 15 is 0 Å². The molecule has 2 unspecified atom stereocenters. The summed E-state index contributed by atoms with van der Waals surface area (Å²) in [5.41, 5.74) is 0.668. The molecule has 3 rings (SSSR count). The number of furan rings is 1. The molecule has 2 atom stereocenters. The maximum absolute atomic E-state index is 13.8. The van der Waals surface area contributed by atoms with Crippen LogP contribution in [0.1, 0.15) is 23.8 Å². The average molecular weight is 305 g/mol. The molecule has 5 heteroatoms. The third-order valence-electron chi connectivity index (χ3n) is 4.05. The van der Waals surface area contributed by atoms with Crippen LogP contribution in [-0.4, -0.2) is 35.8 Å². The van der Waals surface area contributed by atoms with E-state index in [0.717, 1.165) is 6.54 Å². The second kappa shape index (κ2) is 7.05. The summed E-state index contributed by atoms with van der Waals surface area (Å²) < 4.78 is 24.6. The minimum absolute atomic E-state index is 0.0356. The van der Waals surface area contributed by atoms with Crippen LogP contribution in [-0.2, 0) is 11.3 Å². The quantitative estimate of drug-likeness (QED) is 0.922. The third kappa shape index (κ3) is 3.55. The van der Waals surface area contributed by atoms with Crippen molar-refractivity contribution in [1.29, 1.82) is 0 Å². The fourth-order valence-corrected chi connectivity index (χ4v) is 2.81. The molecule has 0 amide bonds. The van der Waals surface area contributed by atoms with E-state index < -0.39 is 6.10 Å². The highest BCUT2D eigenvalue weighted by molar-refractivity contribution is 5.17. The maximum Gasteiger partial charge on any atom is 0.132 e. The molecule has 1 aromatic heterocycles. The van der Waals surface area contributed by atoms with Crippen LogP contribution in [0.25, 0.3) is 0 Å². The molecular formula is C17H20FNO3. The molecule has 1 aromatic carbocycles. The fraction of sp³-hybridized carbons (Fsp3) is 0.412. The fourth-order valence-electron chi connectivity index (χ4n) is 2.81. The predicted octanol–water partition coefficient (Wildman–Crippen LogP) is 2.74. The first-order valence-electron chi connectivity index (χ1n) is 7.50. The SMILES string of the molecule is OC(CC1COCCN1Cc1ccccc1F)c1ccco1. The standard InChI is InChI=1S/C17H20FNO3/c18-15-5-2-1-4-13(15)11-19-7-9-21-12-14(19)10-16(20)17-6-3-8-22-17/h1-6,8,14,16,20H,7,9-12H2. The first kappa shape index (κ1) is 15.2. The lowest BCUT2D eigenvalue weighted by molar-refractivity contribution is -0.0326. The van der Waals surface area contributed by atoms with Gasteiger partial charge in [-0.05, 0) is 24.6 Å². The molecule has 0 bridgehead atoms. The van der Waals surface area contributed by atoms with Gasteiger partial charge in [-0.2, -0.15) is 0 Å². The lowest BCUT2D eigenvalue weighted by Crippen LogP contribution is -2.45. The Morgan fingerprint density at radius 3 is 2.91 bits per heavy atom. The summed E-state index contributed by atoms with van der Waals surface area (Å²) in [7, 11) is 0. The van der Waals surface area contributed by atoms with E-state index in [1.54, 1.807) is 30.5 Å². The van der Waals surface area contributed by atoms with Crippen LogP contribution in [0.3, 0.4) is 0 Å². The van der Waals surface area contributed by atoms with Crippen molar-refractivity contribution in [3.05, 3.63) is 59.8 Å². The predicted molar refractivity (Wildman–Crippen MR) is 79.7 cm³/mol. The van der Waals surface area contributed by atoms with Crippen LogP contribution >= 0.6 is 0 Å². The summed E-state index contributed by atoms with van der Waals surface area (Å²) in [4.78, 5) is 2.16. The highest BCUT2D eigenvalue weighted by Crippen LogP contribution is 2.24. The number of morpholine rings is 1. The van der Waals surface area contributed by atoms with E-state index in [1.165, 1.54) is 6.07 Å². The molecular weight excluding hydrogens is 285 g/mol. The monoisotopic (exact) mass is 305 g/mol. The zero-order chi connectivity index (χ0) is 15.4. The van der Waals surface area contributed by atoms with E-state index in [4.69, 9.17) is 9.15 Å². The summed E-state index contributed by atoms with van der Waals surface area (Å²) in [6.07, 6.45) is 1.37. The molecule has 22 heavy (non-hydrogen) atoms. The largest absolute Gasteiger partial charge is 0.467 e. The molecule has 4 nitrogen and oxygen atoms in total. The van der Waals surface area contributed by atoms with Crippen LogP contribution in [0.4, 0.5) is 4.39 Å². The molecule has 0 spiro atoms. The van der Waals surface area contributed by atoms with Crippen LogP contribution in [0, 0.1) is 5.82 Å². The number of nitrogens with zero attached hydrogens (tertiary/aromatic N) is 1. The van der Waals surface area contributed by atoms with Crippen molar-refractivity contribution >= 4 is 0 Å². The van der Waals surface area contributed by atoms with Crippen molar-refractivity contribution < 1.29 is 18.7 Å². The number of aliphatic hydroxyl groups excluding tert-OH is 1. The molecule has 118 valence electrons. The zero-order valence-corrected chi connectivity index (χ0v) is 12.3. The van der Waals surface area contributed by atoms with Crippen molar-refractivity contribution in [2.75, 3.05) is 19.8 Å². The number of aliphatic hydroxyl groups is 1. The van der Waals surface area contributed by atoms with Crippen molar-refractivity contribution in [2.24, 2.45) is 0 Å². The van der Waals surface area contributed by atoms with Crippen LogP contribution in [0.2, 0.25) is 0 Å². The Bertz CT molecular complexity index is 587. The summed E-state index contributed by atoms with van der Waals surface area (Å²) in [5, 5.41) is 10.3. The van der Waals surface area contributed by atoms with E-state index in [-0.39, 0.29) is 11.9 Å². The van der Waals surface area contributed by atoms with Gasteiger partial charge in [0.2, 0.25) is 0 Å². The van der Waals surface area contributed by atoms with E-state index in [2.05, 4.69) is 4.90 Å². The summed E-state index contributed by atoms with van der Waals surface area (Å²) in [6.45, 7) is 2.41. The Morgan fingerprint density at radius 1 is 1.27 bits per heavy atom. The maximum atomic E-state index is 13.8. The van der Waals surface area contributed by atoms with Gasteiger partial charge in [0.1, 0.15) is 17.7 Å². The number of hydrogen-bond acceptors (Lipinski definition) is 4. The van der Waals surface area contributed by atoms with Crippen molar-refractivity contribution in [3.63, 3.8) is 0 Å². The van der Waals surface area contributed by atoms with Gasteiger partial charge in [0, 0.05) is 24.7 Å². The van der Waals surface area contributed by atoms with E-state index in [0.29, 0.717) is 37.5 Å². The molecule has 1 aliphatic rings. The van der Waals surface area contributed by atoms with Crippen molar-refractivity contribution in [3.8, 4) is 0 Å². The molecule has 2 heterocycles. The summed E-state index contributed by atoms with van der Waals surface area (Å²) >= 11 is 0. The van der Waals surface area contributed by atoms with Crippen LogP contribution in [0.5, 0.6) is 0 Å². The van der Waals surface area contributed by atoms with E-state index in [1.807, 2.05) is 6.07 Å². The summed E-state index contributed by atoms with van der Waals surface area (Å²) in [5.74, 6) is 0.357. The second-order valence-electron chi connectivity index (χ2n) is 5.56. The number of hydrogen-bond donors (Lipinski definition) is 1. The average Bonchev–Trinajstić information content (AvgIpc) is 3.06. The lowest BCUT2D eigenvalue weighted by atomic mass is 10.0. The number of rotatable bonds is 5. The first-order valence-corrected chi connectivity index (χ1v) is 7.50. The molecule has 0 saturated carbocycles. The highest BCUT2D eigenvalue weighted by atomic mass is 19.1. The van der Waals surface area contributed by atoms with Gasteiger partial charge in [0.05, 0.1) is 19.5 Å². The van der Waals surface area contributed by atoms with Gasteiger partial charge in [-0.25, -0.2) is 4.39 Å². The Kier molecular flexibility index (Phi) is 4.87. The van der Waals surface area contributed by atoms with Crippen molar-refractivity contribution in [2.45, 2.75) is 25.1 Å². The van der Waals surface area contributed by atoms with Gasteiger partial charge < -0.3 is 14.3 Å². The first-order chi connectivity index (χ1) is 10.7. The Labute approximate surface area is 129 Å². The van der Waals surface area contributed by atoms with Gasteiger partial charge in [-0.3, -0.25) is 4.90 Å². The normalized spacial score (nSPS) is 20.9. The Hall–Kier alpha value is -1.69. The Morgan fingerprint density at radius 2 is 2.14 bits per heavy atom. The van der Waals surface area contributed by atoms with Gasteiger partial charge in [-0.15, -0.1) is 0 Å². The van der Waals surface area contributed by atoms with Gasteiger partial charge >= 0.3 is 0 Å². The molecule has 1 aliphatic heterocycles. The van der Waals surface area contributed by atoms with Gasteiger partial charge in [-0.1, -0.05) is 18.2 Å². The highest BCUT2D eigenvalue weighted by Gasteiger charge is 2.27. The van der Waals surface area contributed by atoms with Gasteiger partial charge in [0.25, 0.3) is 0 Å². The lowest BCUT2D eigenvalue weighted by Gasteiger charge is -2.36. The minimum atomic E-state index is -0.676. The van der Waals surface area contributed by atoms with Crippen molar-refractivity contribution in [1.82, 2.24) is 4.90 Å². The second-order valence-corrected chi connectivity index (χ2v) is 5.56. The third-order valence-corrected chi connectivity index (χ3v) is 4.05. The molecule has 1 saturated heterocycles. The number of ether oxygens (including phenoxy) is 1. The van der Waals surface area contributed by atoms with Crippen LogP contribution in [0.15, 0.2) is 47.1 Å². The molecule has 0 radical (unpaired) electrons.